The van der Waals surface area contributed by atoms with Crippen LogP contribution in [0.5, 0.6) is 0 Å². The molecule has 4 nitrogen and oxygen atoms in total. The average Bonchev–Trinajstić information content (AvgIpc) is 2.92. The van der Waals surface area contributed by atoms with Crippen molar-refractivity contribution >= 4 is 22.4 Å². The van der Waals surface area contributed by atoms with Crippen molar-refractivity contribution < 1.29 is 9.90 Å². The van der Waals surface area contributed by atoms with Gasteiger partial charge in [0.1, 0.15) is 0 Å². The molecule has 2 aliphatic rings. The topological polar surface area (TPSA) is 59.2 Å². The molecule has 1 aromatic carbocycles. The van der Waals surface area contributed by atoms with Gasteiger partial charge >= 0.3 is 0 Å². The second-order valence-electron chi connectivity index (χ2n) is 6.69. The summed E-state index contributed by atoms with van der Waals surface area (Å²) in [6.07, 6.45) is 6.68. The molecule has 2 aromatic rings. The second kappa shape index (κ2) is 4.83. The molecule has 23 heavy (non-hydrogen) atoms. The molecule has 0 bridgehead atoms. The Morgan fingerprint density at radius 3 is 3.13 bits per heavy atom. The Balaban J connectivity index is 1.97. The van der Waals surface area contributed by atoms with Crippen LogP contribution in [0.15, 0.2) is 43.1 Å². The van der Waals surface area contributed by atoms with Gasteiger partial charge in [-0.15, -0.1) is 6.58 Å². The number of fused-ring (bicyclic) bond motifs is 2. The first-order valence-electron chi connectivity index (χ1n) is 7.93. The number of aromatic amines is 1. The molecule has 0 spiro atoms. The Bertz CT molecular complexity index is 848. The molecule has 2 atom stereocenters. The van der Waals surface area contributed by atoms with E-state index in [1.165, 1.54) is 10.9 Å². The van der Waals surface area contributed by atoms with Crippen molar-refractivity contribution in [1.29, 1.82) is 0 Å². The fourth-order valence-electron chi connectivity index (χ4n) is 4.19. The average molecular weight is 307 g/mol. The number of benzene rings is 1. The number of H-pyrrole nitrogens is 1. The zero-order chi connectivity index (χ0) is 16.2. The molecule has 0 amide bonds. The zero-order valence-electron chi connectivity index (χ0n) is 13.1. The third kappa shape index (κ3) is 1.91. The van der Waals surface area contributed by atoms with Crippen molar-refractivity contribution in [2.45, 2.75) is 18.9 Å². The Morgan fingerprint density at radius 1 is 1.57 bits per heavy atom. The third-order valence-electron chi connectivity index (χ3n) is 5.33. The number of aromatic nitrogens is 1. The molecule has 0 radical (unpaired) electrons. The predicted octanol–water partition coefficient (Wildman–Crippen LogP) is 1.73. The molecule has 2 heterocycles. The molecule has 118 valence electrons. The lowest BCUT2D eigenvalue weighted by Crippen LogP contribution is -2.56. The molecular formula is C19H19N2O2-. The molecule has 2 unspecified atom stereocenters. The summed E-state index contributed by atoms with van der Waals surface area (Å²) in [6.45, 7) is 7.16. The highest BCUT2D eigenvalue weighted by Gasteiger charge is 2.44. The van der Waals surface area contributed by atoms with Crippen LogP contribution in [-0.4, -0.2) is 34.5 Å². The molecule has 0 saturated carbocycles. The number of hydrogen-bond donors (Lipinski definition) is 1. The standard InChI is InChI=1S/C19H20N2O2/c1-3-7-21-11-12(18(22)23)8-15-14-5-4-6-16-17(14)13(10-20-16)9-19(15,21)2/h3-6,8,10,12,20H,1,7,9,11H2,2H3,(H,22,23)/p-1. The van der Waals surface area contributed by atoms with Gasteiger partial charge in [-0.3, -0.25) is 4.90 Å². The van der Waals surface area contributed by atoms with Gasteiger partial charge in [0.15, 0.2) is 0 Å². The van der Waals surface area contributed by atoms with E-state index in [1.54, 1.807) is 0 Å². The Morgan fingerprint density at radius 2 is 2.39 bits per heavy atom. The normalized spacial score (nSPS) is 26.7. The minimum Gasteiger partial charge on any atom is -0.549 e. The number of carboxylic acids is 1. The highest BCUT2D eigenvalue weighted by molar-refractivity contribution is 6.00. The number of carbonyl (C=O) groups excluding carboxylic acids is 1. The summed E-state index contributed by atoms with van der Waals surface area (Å²) >= 11 is 0. The minimum absolute atomic E-state index is 0.219. The predicted molar refractivity (Wildman–Crippen MR) is 88.7 cm³/mol. The molecule has 1 aliphatic carbocycles. The van der Waals surface area contributed by atoms with Crippen molar-refractivity contribution in [3.63, 3.8) is 0 Å². The lowest BCUT2D eigenvalue weighted by atomic mass is 9.71. The summed E-state index contributed by atoms with van der Waals surface area (Å²) < 4.78 is 0. The van der Waals surface area contributed by atoms with Crippen LogP contribution >= 0.6 is 0 Å². The van der Waals surface area contributed by atoms with Crippen molar-refractivity contribution in [2.75, 3.05) is 13.1 Å². The van der Waals surface area contributed by atoms with Crippen molar-refractivity contribution in [1.82, 2.24) is 9.88 Å². The van der Waals surface area contributed by atoms with E-state index in [1.807, 2.05) is 18.2 Å². The molecule has 4 rings (SSSR count). The van der Waals surface area contributed by atoms with Gasteiger partial charge < -0.3 is 14.9 Å². The van der Waals surface area contributed by atoms with E-state index in [-0.39, 0.29) is 5.54 Å². The first kappa shape index (κ1) is 14.3. The van der Waals surface area contributed by atoms with Crippen LogP contribution in [0.4, 0.5) is 0 Å². The molecule has 1 aliphatic heterocycles. The van der Waals surface area contributed by atoms with Gasteiger partial charge in [0, 0.05) is 47.6 Å². The first-order valence-corrected chi connectivity index (χ1v) is 7.93. The lowest BCUT2D eigenvalue weighted by molar-refractivity contribution is -0.310. The summed E-state index contributed by atoms with van der Waals surface area (Å²) in [5, 5.41) is 12.7. The number of nitrogens with zero attached hydrogens (tertiary/aromatic N) is 1. The van der Waals surface area contributed by atoms with Gasteiger partial charge in [0.25, 0.3) is 0 Å². The highest BCUT2D eigenvalue weighted by Crippen LogP contribution is 2.47. The van der Waals surface area contributed by atoms with Crippen molar-refractivity contribution in [3.8, 4) is 0 Å². The van der Waals surface area contributed by atoms with E-state index in [9.17, 15) is 9.90 Å². The largest absolute Gasteiger partial charge is 0.549 e. The number of carbonyl (C=O) groups is 1. The van der Waals surface area contributed by atoms with E-state index in [0.29, 0.717) is 13.1 Å². The van der Waals surface area contributed by atoms with Crippen LogP contribution in [0.1, 0.15) is 18.1 Å². The maximum absolute atomic E-state index is 11.5. The summed E-state index contributed by atoms with van der Waals surface area (Å²) in [5.74, 6) is -1.60. The molecule has 4 heteroatoms. The minimum atomic E-state index is -1.01. The third-order valence-corrected chi connectivity index (χ3v) is 5.33. The van der Waals surface area contributed by atoms with Crippen LogP contribution in [0.3, 0.4) is 0 Å². The zero-order valence-corrected chi connectivity index (χ0v) is 13.1. The summed E-state index contributed by atoms with van der Waals surface area (Å²) in [7, 11) is 0. The summed E-state index contributed by atoms with van der Waals surface area (Å²) in [6, 6.07) is 6.17. The first-order chi connectivity index (χ1) is 11.0. The maximum atomic E-state index is 11.5. The fraction of sp³-hybridized carbons (Fsp3) is 0.316. The van der Waals surface area contributed by atoms with Crippen LogP contribution in [0.2, 0.25) is 0 Å². The monoisotopic (exact) mass is 307 g/mol. The number of aliphatic carboxylic acids is 1. The molecular weight excluding hydrogens is 288 g/mol. The van der Waals surface area contributed by atoms with Crippen molar-refractivity contribution in [3.05, 3.63) is 54.3 Å². The van der Waals surface area contributed by atoms with Gasteiger partial charge in [-0.05, 0) is 36.1 Å². The second-order valence-corrected chi connectivity index (χ2v) is 6.69. The Labute approximate surface area is 135 Å². The van der Waals surface area contributed by atoms with Crippen molar-refractivity contribution in [2.24, 2.45) is 5.92 Å². The van der Waals surface area contributed by atoms with E-state index < -0.39 is 11.9 Å². The lowest BCUT2D eigenvalue weighted by Gasteiger charge is -2.50. The molecule has 0 fully saturated rings. The number of carboxylic acid groups (broad SMARTS) is 1. The summed E-state index contributed by atoms with van der Waals surface area (Å²) in [4.78, 5) is 17.1. The number of nitrogens with one attached hydrogen (secondary N) is 1. The van der Waals surface area contributed by atoms with E-state index >= 15 is 0 Å². The SMILES string of the molecule is C=CCN1CC(C(=O)[O-])C=C2c3cccc4[nH]cc(c34)CC21C. The van der Waals surface area contributed by atoms with Crippen LogP contribution < -0.4 is 5.11 Å². The van der Waals surface area contributed by atoms with E-state index in [4.69, 9.17) is 0 Å². The maximum Gasteiger partial charge on any atom is 0.0496 e. The summed E-state index contributed by atoms with van der Waals surface area (Å²) in [5.41, 5.74) is 4.40. The van der Waals surface area contributed by atoms with Crippen LogP contribution in [0, 0.1) is 5.92 Å². The molecule has 1 N–H and O–H groups in total. The van der Waals surface area contributed by atoms with Gasteiger partial charge in [-0.2, -0.15) is 0 Å². The smallest absolute Gasteiger partial charge is 0.0496 e. The van der Waals surface area contributed by atoms with E-state index in [2.05, 4.69) is 41.7 Å². The Kier molecular flexibility index (Phi) is 3.00. The fourth-order valence-corrected chi connectivity index (χ4v) is 4.19. The van der Waals surface area contributed by atoms with Crippen LogP contribution in [0.25, 0.3) is 16.5 Å². The van der Waals surface area contributed by atoms with E-state index in [0.717, 1.165) is 23.1 Å². The van der Waals surface area contributed by atoms with Crippen LogP contribution in [-0.2, 0) is 11.2 Å². The quantitative estimate of drug-likeness (QED) is 0.879. The Hall–Kier alpha value is -2.33. The number of hydrogen-bond acceptors (Lipinski definition) is 3. The van der Waals surface area contributed by atoms with Gasteiger partial charge in [0.2, 0.25) is 0 Å². The van der Waals surface area contributed by atoms with Gasteiger partial charge in [0.05, 0.1) is 0 Å². The van der Waals surface area contributed by atoms with Gasteiger partial charge in [-0.25, -0.2) is 0 Å². The van der Waals surface area contributed by atoms with Gasteiger partial charge in [-0.1, -0.05) is 24.3 Å². The highest BCUT2D eigenvalue weighted by atomic mass is 16.4. The molecule has 1 aromatic heterocycles. The molecule has 0 saturated heterocycles. The number of rotatable bonds is 3.